The Hall–Kier alpha value is -2.99. The second kappa shape index (κ2) is 7.32. The molecule has 2 aromatic carbocycles. The van der Waals surface area contributed by atoms with Gasteiger partial charge < -0.3 is 4.42 Å². The van der Waals surface area contributed by atoms with Gasteiger partial charge >= 0.3 is 0 Å². The van der Waals surface area contributed by atoms with Crippen molar-refractivity contribution in [3.8, 4) is 0 Å². The molecule has 136 valence electrons. The van der Waals surface area contributed by atoms with Gasteiger partial charge in [-0.05, 0) is 48.4 Å². The summed E-state index contributed by atoms with van der Waals surface area (Å²) in [6.45, 7) is 2.27. The fraction of sp³-hybridized carbons (Fsp3) is 0.143. The highest BCUT2D eigenvalue weighted by atomic mass is 32.1. The first-order chi connectivity index (χ1) is 13.2. The monoisotopic (exact) mass is 380 g/mol. The highest BCUT2D eigenvalue weighted by molar-refractivity contribution is 7.22. The summed E-state index contributed by atoms with van der Waals surface area (Å²) < 4.78 is 20.6. The standard InChI is InChI=1S/C21H17FN2O2S/c1-2-14-9-10-18-19(12-14)27-21(23-18)24(13-15-6-5-11-26-15)20(25)16-7-3-4-8-17(16)22/h3-12H,2,13H2,1H3. The summed E-state index contributed by atoms with van der Waals surface area (Å²) in [5.74, 6) is -0.395. The van der Waals surface area contributed by atoms with Crippen LogP contribution in [0.3, 0.4) is 0 Å². The lowest BCUT2D eigenvalue weighted by molar-refractivity contribution is 0.0979. The van der Waals surface area contributed by atoms with Gasteiger partial charge in [-0.1, -0.05) is 36.5 Å². The number of hydrogen-bond acceptors (Lipinski definition) is 4. The lowest BCUT2D eigenvalue weighted by Gasteiger charge is -2.19. The Labute approximate surface area is 159 Å². The molecular weight excluding hydrogens is 363 g/mol. The van der Waals surface area contributed by atoms with Gasteiger partial charge in [-0.2, -0.15) is 0 Å². The van der Waals surface area contributed by atoms with Gasteiger partial charge in [-0.3, -0.25) is 9.69 Å². The van der Waals surface area contributed by atoms with E-state index in [1.165, 1.54) is 33.9 Å². The summed E-state index contributed by atoms with van der Waals surface area (Å²) in [4.78, 5) is 19.2. The van der Waals surface area contributed by atoms with Crippen molar-refractivity contribution in [2.24, 2.45) is 0 Å². The summed E-state index contributed by atoms with van der Waals surface area (Å²) in [7, 11) is 0. The molecule has 0 aliphatic carbocycles. The smallest absolute Gasteiger partial charge is 0.263 e. The Morgan fingerprint density at radius 3 is 2.78 bits per heavy atom. The molecule has 4 aromatic rings. The van der Waals surface area contributed by atoms with Gasteiger partial charge in [-0.25, -0.2) is 9.37 Å². The molecule has 0 saturated heterocycles. The number of rotatable bonds is 5. The molecule has 0 aliphatic rings. The summed E-state index contributed by atoms with van der Waals surface area (Å²) >= 11 is 1.42. The number of aromatic nitrogens is 1. The van der Waals surface area contributed by atoms with Crippen molar-refractivity contribution in [2.45, 2.75) is 19.9 Å². The molecule has 1 amide bonds. The van der Waals surface area contributed by atoms with Gasteiger partial charge in [0.25, 0.3) is 5.91 Å². The van der Waals surface area contributed by atoms with Crippen LogP contribution in [-0.2, 0) is 13.0 Å². The van der Waals surface area contributed by atoms with Crippen molar-refractivity contribution in [3.05, 3.63) is 83.6 Å². The Bertz CT molecular complexity index is 1090. The van der Waals surface area contributed by atoms with E-state index in [9.17, 15) is 9.18 Å². The molecule has 27 heavy (non-hydrogen) atoms. The minimum atomic E-state index is -0.554. The van der Waals surface area contributed by atoms with Gasteiger partial charge in [-0.15, -0.1) is 0 Å². The van der Waals surface area contributed by atoms with Crippen LogP contribution >= 0.6 is 11.3 Å². The predicted octanol–water partition coefficient (Wildman–Crippen LogP) is 5.44. The highest BCUT2D eigenvalue weighted by Crippen LogP contribution is 2.32. The Morgan fingerprint density at radius 1 is 1.19 bits per heavy atom. The zero-order valence-electron chi connectivity index (χ0n) is 14.7. The van der Waals surface area contributed by atoms with Crippen LogP contribution in [0.15, 0.2) is 65.3 Å². The van der Waals surface area contributed by atoms with Crippen LogP contribution in [0.4, 0.5) is 9.52 Å². The average Bonchev–Trinajstić information content (AvgIpc) is 3.34. The zero-order chi connectivity index (χ0) is 18.8. The molecule has 2 heterocycles. The lowest BCUT2D eigenvalue weighted by Crippen LogP contribution is -2.30. The zero-order valence-corrected chi connectivity index (χ0v) is 15.5. The third-order valence-electron chi connectivity index (χ3n) is 4.32. The maximum absolute atomic E-state index is 14.2. The number of carbonyl (C=O) groups is 1. The average molecular weight is 380 g/mol. The normalized spacial score (nSPS) is 11.0. The summed E-state index contributed by atoms with van der Waals surface area (Å²) in [5.41, 5.74) is 2.03. The summed E-state index contributed by atoms with van der Waals surface area (Å²) in [6, 6.07) is 15.6. The van der Waals surface area contributed by atoms with E-state index in [4.69, 9.17) is 4.42 Å². The van der Waals surface area contributed by atoms with Crippen LogP contribution in [0.1, 0.15) is 28.6 Å². The molecule has 2 aromatic heterocycles. The van der Waals surface area contributed by atoms with Gasteiger partial charge in [0, 0.05) is 0 Å². The van der Waals surface area contributed by atoms with Gasteiger partial charge in [0.2, 0.25) is 0 Å². The SMILES string of the molecule is CCc1ccc2nc(N(Cc3ccco3)C(=O)c3ccccc3F)sc2c1. The summed E-state index contributed by atoms with van der Waals surface area (Å²) in [6.07, 6.45) is 2.47. The van der Waals surface area contributed by atoms with E-state index in [0.717, 1.165) is 16.6 Å². The number of benzene rings is 2. The Morgan fingerprint density at radius 2 is 2.04 bits per heavy atom. The number of furan rings is 1. The van der Waals surface area contributed by atoms with E-state index in [0.29, 0.717) is 10.9 Å². The molecule has 6 heteroatoms. The molecule has 0 atom stereocenters. The molecular formula is C21H17FN2O2S. The van der Waals surface area contributed by atoms with Crippen molar-refractivity contribution in [1.29, 1.82) is 0 Å². The predicted molar refractivity (Wildman–Crippen MR) is 105 cm³/mol. The quantitative estimate of drug-likeness (QED) is 0.463. The van der Waals surface area contributed by atoms with Crippen molar-refractivity contribution in [1.82, 2.24) is 4.98 Å². The molecule has 0 spiro atoms. The van der Waals surface area contributed by atoms with Crippen molar-refractivity contribution in [2.75, 3.05) is 4.90 Å². The summed E-state index contributed by atoms with van der Waals surface area (Å²) in [5, 5.41) is 0.517. The molecule has 4 rings (SSSR count). The molecule has 4 nitrogen and oxygen atoms in total. The Balaban J connectivity index is 1.78. The fourth-order valence-corrected chi connectivity index (χ4v) is 3.88. The van der Waals surface area contributed by atoms with Crippen LogP contribution in [0.2, 0.25) is 0 Å². The number of anilines is 1. The number of amides is 1. The molecule has 0 aliphatic heterocycles. The van der Waals surface area contributed by atoms with E-state index in [1.807, 2.05) is 12.1 Å². The van der Waals surface area contributed by atoms with Crippen LogP contribution < -0.4 is 4.90 Å². The first-order valence-corrected chi connectivity index (χ1v) is 9.45. The van der Waals surface area contributed by atoms with Crippen LogP contribution in [0.5, 0.6) is 0 Å². The van der Waals surface area contributed by atoms with Gasteiger partial charge in [0.15, 0.2) is 5.13 Å². The van der Waals surface area contributed by atoms with Crippen molar-refractivity contribution in [3.63, 3.8) is 0 Å². The van der Waals surface area contributed by atoms with E-state index in [2.05, 4.69) is 18.0 Å². The molecule has 0 fully saturated rings. The first kappa shape index (κ1) is 17.4. The lowest BCUT2D eigenvalue weighted by atomic mass is 10.2. The first-order valence-electron chi connectivity index (χ1n) is 8.64. The van der Waals surface area contributed by atoms with Gasteiger partial charge in [0.05, 0.1) is 28.6 Å². The number of hydrogen-bond donors (Lipinski definition) is 0. The molecule has 0 saturated carbocycles. The third-order valence-corrected chi connectivity index (χ3v) is 5.37. The second-order valence-electron chi connectivity index (χ2n) is 6.10. The van der Waals surface area contributed by atoms with Crippen LogP contribution in [-0.4, -0.2) is 10.9 Å². The number of aryl methyl sites for hydroxylation is 1. The number of fused-ring (bicyclic) bond motifs is 1. The fourth-order valence-electron chi connectivity index (χ4n) is 2.86. The third kappa shape index (κ3) is 3.48. The molecule has 0 radical (unpaired) electrons. The van der Waals surface area contributed by atoms with E-state index < -0.39 is 11.7 Å². The largest absolute Gasteiger partial charge is 0.467 e. The number of carbonyl (C=O) groups excluding carboxylic acids is 1. The molecule has 0 bridgehead atoms. The maximum atomic E-state index is 14.2. The number of nitrogens with zero attached hydrogens (tertiary/aromatic N) is 2. The minimum absolute atomic E-state index is 0.0116. The van der Waals surface area contributed by atoms with Gasteiger partial charge in [0.1, 0.15) is 11.6 Å². The second-order valence-corrected chi connectivity index (χ2v) is 7.11. The van der Waals surface area contributed by atoms with Crippen molar-refractivity contribution < 1.29 is 13.6 Å². The van der Waals surface area contributed by atoms with E-state index in [1.54, 1.807) is 30.5 Å². The molecule has 0 unspecified atom stereocenters. The Kier molecular flexibility index (Phi) is 4.73. The van der Waals surface area contributed by atoms with Crippen molar-refractivity contribution >= 4 is 32.6 Å². The van der Waals surface area contributed by atoms with E-state index in [-0.39, 0.29) is 12.1 Å². The van der Waals surface area contributed by atoms with Crippen LogP contribution in [0, 0.1) is 5.82 Å². The number of thiazole rings is 1. The molecule has 0 N–H and O–H groups in total. The highest BCUT2D eigenvalue weighted by Gasteiger charge is 2.24. The number of halogens is 1. The minimum Gasteiger partial charge on any atom is -0.467 e. The van der Waals surface area contributed by atoms with Crippen LogP contribution in [0.25, 0.3) is 10.2 Å². The topological polar surface area (TPSA) is 46.3 Å². The van der Waals surface area contributed by atoms with E-state index >= 15 is 0 Å². The maximum Gasteiger partial charge on any atom is 0.263 e.